The predicted molar refractivity (Wildman–Crippen MR) is 79.0 cm³/mol. The molecule has 0 saturated carbocycles. The van der Waals surface area contributed by atoms with Crippen LogP contribution in [-0.4, -0.2) is 22.5 Å². The van der Waals surface area contributed by atoms with Crippen LogP contribution >= 0.6 is 0 Å². The van der Waals surface area contributed by atoms with Gasteiger partial charge in [0.1, 0.15) is 11.5 Å². The number of halogens is 3. The molecule has 0 spiro atoms. The third-order valence-electron chi connectivity index (χ3n) is 3.38. The van der Waals surface area contributed by atoms with Crippen LogP contribution in [0.1, 0.15) is 33.1 Å². The van der Waals surface area contributed by atoms with Gasteiger partial charge in [-0.3, -0.25) is 0 Å². The number of benzene rings is 2. The van der Waals surface area contributed by atoms with E-state index < -0.39 is 24.1 Å². The SMILES string of the molecule is Cc1cc(C(=O)O)cc([C@@H](N)c2ccc(OC(F)(F)F)cc2)c1O. The maximum absolute atomic E-state index is 12.1. The number of carboxylic acid groups (broad SMARTS) is 1. The van der Waals surface area contributed by atoms with Crippen molar-refractivity contribution in [2.75, 3.05) is 0 Å². The van der Waals surface area contributed by atoms with Gasteiger partial charge in [-0.05, 0) is 42.3 Å². The van der Waals surface area contributed by atoms with Crippen LogP contribution in [0.25, 0.3) is 0 Å². The van der Waals surface area contributed by atoms with E-state index in [-0.39, 0.29) is 16.9 Å². The first-order valence-electron chi connectivity index (χ1n) is 6.76. The summed E-state index contributed by atoms with van der Waals surface area (Å²) in [5.74, 6) is -1.75. The second-order valence-corrected chi connectivity index (χ2v) is 5.13. The van der Waals surface area contributed by atoms with Crippen molar-refractivity contribution in [3.8, 4) is 11.5 Å². The van der Waals surface area contributed by atoms with Crippen molar-refractivity contribution in [3.63, 3.8) is 0 Å². The molecule has 0 bridgehead atoms. The Morgan fingerprint density at radius 3 is 2.29 bits per heavy atom. The predicted octanol–water partition coefficient (Wildman–Crippen LogP) is 3.35. The molecule has 1 atom stereocenters. The maximum atomic E-state index is 12.1. The van der Waals surface area contributed by atoms with Crippen molar-refractivity contribution >= 4 is 5.97 Å². The number of carboxylic acids is 1. The van der Waals surface area contributed by atoms with Crippen LogP contribution in [0, 0.1) is 6.92 Å². The topological polar surface area (TPSA) is 92.8 Å². The number of hydrogen-bond donors (Lipinski definition) is 3. The van der Waals surface area contributed by atoms with E-state index in [1.54, 1.807) is 0 Å². The number of aryl methyl sites for hydroxylation is 1. The van der Waals surface area contributed by atoms with Crippen LogP contribution < -0.4 is 10.5 Å². The number of aromatic carboxylic acids is 1. The first-order chi connectivity index (χ1) is 11.1. The van der Waals surface area contributed by atoms with Crippen LogP contribution in [0.5, 0.6) is 11.5 Å². The Morgan fingerprint density at radius 1 is 1.21 bits per heavy atom. The normalized spacial score (nSPS) is 12.7. The minimum absolute atomic E-state index is 0.0484. The Bertz CT molecular complexity index is 757. The molecule has 24 heavy (non-hydrogen) atoms. The Balaban J connectivity index is 2.35. The molecule has 0 aromatic heterocycles. The van der Waals surface area contributed by atoms with Gasteiger partial charge in [-0.25, -0.2) is 4.79 Å². The van der Waals surface area contributed by atoms with Crippen LogP contribution in [-0.2, 0) is 0 Å². The number of carbonyl (C=O) groups is 1. The Morgan fingerprint density at radius 2 is 1.79 bits per heavy atom. The molecule has 0 aliphatic rings. The van der Waals surface area contributed by atoms with Gasteiger partial charge < -0.3 is 20.7 Å². The molecule has 0 aliphatic heterocycles. The number of alkyl halides is 3. The highest BCUT2D eigenvalue weighted by atomic mass is 19.4. The zero-order chi connectivity index (χ0) is 18.1. The van der Waals surface area contributed by atoms with Crippen molar-refractivity contribution in [2.24, 2.45) is 5.73 Å². The molecule has 4 N–H and O–H groups in total. The van der Waals surface area contributed by atoms with Crippen molar-refractivity contribution in [2.45, 2.75) is 19.3 Å². The van der Waals surface area contributed by atoms with Gasteiger partial charge in [-0.2, -0.15) is 0 Å². The number of phenols is 1. The Kier molecular flexibility index (Phi) is 4.70. The molecule has 0 amide bonds. The van der Waals surface area contributed by atoms with Crippen LogP contribution in [0.4, 0.5) is 13.2 Å². The molecule has 0 fully saturated rings. The fourth-order valence-electron chi connectivity index (χ4n) is 2.22. The number of aromatic hydroxyl groups is 1. The first kappa shape index (κ1) is 17.6. The van der Waals surface area contributed by atoms with E-state index in [0.29, 0.717) is 11.1 Å². The molecule has 2 rings (SSSR count). The molecular weight excluding hydrogens is 327 g/mol. The Hall–Kier alpha value is -2.74. The fourth-order valence-corrected chi connectivity index (χ4v) is 2.22. The van der Waals surface area contributed by atoms with E-state index in [4.69, 9.17) is 10.8 Å². The van der Waals surface area contributed by atoms with Gasteiger partial charge in [0.05, 0.1) is 11.6 Å². The number of hydrogen-bond acceptors (Lipinski definition) is 4. The Labute approximate surface area is 135 Å². The van der Waals surface area contributed by atoms with Gasteiger partial charge in [0.2, 0.25) is 0 Å². The molecule has 0 aliphatic carbocycles. The number of phenolic OH excluding ortho intramolecular Hbond substituents is 1. The van der Waals surface area contributed by atoms with Crippen molar-refractivity contribution in [3.05, 3.63) is 58.7 Å². The third-order valence-corrected chi connectivity index (χ3v) is 3.38. The summed E-state index contributed by atoms with van der Waals surface area (Å²) >= 11 is 0. The average Bonchev–Trinajstić information content (AvgIpc) is 2.48. The molecule has 128 valence electrons. The number of ether oxygens (including phenoxy) is 1. The summed E-state index contributed by atoms with van der Waals surface area (Å²) < 4.78 is 40.2. The minimum atomic E-state index is -4.80. The van der Waals surface area contributed by atoms with E-state index >= 15 is 0 Å². The lowest BCUT2D eigenvalue weighted by Gasteiger charge is -2.17. The molecular formula is C16H14F3NO4. The molecule has 0 radical (unpaired) electrons. The average molecular weight is 341 g/mol. The second kappa shape index (κ2) is 6.40. The number of nitrogens with two attached hydrogens (primary N) is 1. The summed E-state index contributed by atoms with van der Waals surface area (Å²) in [6, 6.07) is 6.43. The molecule has 5 nitrogen and oxygen atoms in total. The van der Waals surface area contributed by atoms with E-state index in [9.17, 15) is 23.1 Å². The molecule has 2 aromatic rings. The van der Waals surface area contributed by atoms with Gasteiger partial charge in [-0.1, -0.05) is 12.1 Å². The van der Waals surface area contributed by atoms with Crippen LogP contribution in [0.2, 0.25) is 0 Å². The van der Waals surface area contributed by atoms with Crippen molar-refractivity contribution < 1.29 is 32.9 Å². The standard InChI is InChI=1S/C16H14F3NO4/c1-8-6-10(15(22)23)7-12(14(8)21)13(20)9-2-4-11(5-3-9)24-16(17,18)19/h2-7,13,21H,20H2,1H3,(H,22,23)/t13-/m0/s1. The van der Waals surface area contributed by atoms with E-state index in [1.807, 2.05) is 0 Å². The quantitative estimate of drug-likeness (QED) is 0.793. The second-order valence-electron chi connectivity index (χ2n) is 5.13. The highest BCUT2D eigenvalue weighted by molar-refractivity contribution is 5.88. The lowest BCUT2D eigenvalue weighted by atomic mass is 9.94. The largest absolute Gasteiger partial charge is 0.573 e. The summed E-state index contributed by atoms with van der Waals surface area (Å²) in [4.78, 5) is 11.1. The van der Waals surface area contributed by atoms with Gasteiger partial charge in [-0.15, -0.1) is 13.2 Å². The summed E-state index contributed by atoms with van der Waals surface area (Å²) in [5.41, 5.74) is 6.85. The zero-order valence-electron chi connectivity index (χ0n) is 12.5. The maximum Gasteiger partial charge on any atom is 0.573 e. The van der Waals surface area contributed by atoms with Gasteiger partial charge in [0.15, 0.2) is 0 Å². The first-order valence-corrected chi connectivity index (χ1v) is 6.76. The smallest absolute Gasteiger partial charge is 0.507 e. The van der Waals surface area contributed by atoms with Gasteiger partial charge >= 0.3 is 12.3 Å². The lowest BCUT2D eigenvalue weighted by molar-refractivity contribution is -0.274. The fraction of sp³-hybridized carbons (Fsp3) is 0.188. The highest BCUT2D eigenvalue weighted by Gasteiger charge is 2.31. The zero-order valence-corrected chi connectivity index (χ0v) is 12.5. The summed E-state index contributed by atoms with van der Waals surface area (Å²) in [7, 11) is 0. The van der Waals surface area contributed by atoms with Crippen molar-refractivity contribution in [1.29, 1.82) is 0 Å². The molecule has 2 aromatic carbocycles. The molecule has 0 saturated heterocycles. The van der Waals surface area contributed by atoms with Crippen LogP contribution in [0.15, 0.2) is 36.4 Å². The minimum Gasteiger partial charge on any atom is -0.507 e. The monoisotopic (exact) mass is 341 g/mol. The lowest BCUT2D eigenvalue weighted by Crippen LogP contribution is -2.17. The molecule has 0 unspecified atom stereocenters. The summed E-state index contributed by atoms with van der Waals surface area (Å²) in [5, 5.41) is 19.2. The molecule has 8 heteroatoms. The highest BCUT2D eigenvalue weighted by Crippen LogP contribution is 2.33. The number of rotatable bonds is 4. The summed E-state index contributed by atoms with van der Waals surface area (Å²) in [6.45, 7) is 1.53. The van der Waals surface area contributed by atoms with E-state index in [1.165, 1.54) is 31.2 Å². The van der Waals surface area contributed by atoms with Crippen LogP contribution in [0.3, 0.4) is 0 Å². The van der Waals surface area contributed by atoms with Crippen molar-refractivity contribution in [1.82, 2.24) is 0 Å². The van der Waals surface area contributed by atoms with E-state index in [0.717, 1.165) is 12.1 Å². The summed E-state index contributed by atoms with van der Waals surface area (Å²) in [6.07, 6.45) is -4.80. The third kappa shape index (κ3) is 3.96. The van der Waals surface area contributed by atoms with Gasteiger partial charge in [0.25, 0.3) is 0 Å². The van der Waals surface area contributed by atoms with E-state index in [2.05, 4.69) is 4.74 Å². The molecule has 0 heterocycles. The van der Waals surface area contributed by atoms with Gasteiger partial charge in [0, 0.05) is 5.56 Å².